The van der Waals surface area contributed by atoms with Gasteiger partial charge in [0.1, 0.15) is 11.6 Å². The third kappa shape index (κ3) is 6.61. The predicted molar refractivity (Wildman–Crippen MR) is 104 cm³/mol. The van der Waals surface area contributed by atoms with E-state index in [-0.39, 0.29) is 17.6 Å². The molecule has 2 unspecified atom stereocenters. The highest BCUT2D eigenvalue weighted by molar-refractivity contribution is 5.34. The third-order valence-corrected chi connectivity index (χ3v) is 4.65. The highest BCUT2D eigenvalue weighted by atomic mass is 19.1. The van der Waals surface area contributed by atoms with Crippen LogP contribution in [-0.4, -0.2) is 0 Å². The first-order valence-corrected chi connectivity index (χ1v) is 9.53. The second-order valence-corrected chi connectivity index (χ2v) is 6.57. The van der Waals surface area contributed by atoms with Crippen molar-refractivity contribution in [3.05, 3.63) is 71.3 Å². The molecule has 138 valence electrons. The minimum Gasteiger partial charge on any atom is -0.207 e. The van der Waals surface area contributed by atoms with Gasteiger partial charge in [-0.1, -0.05) is 77.4 Å². The average molecular weight is 347 g/mol. The molecule has 0 heterocycles. The Kier molecular flexibility index (Phi) is 9.41. The molecule has 2 aromatic rings. The van der Waals surface area contributed by atoms with Crippen molar-refractivity contribution in [2.45, 2.75) is 59.8 Å². The molecule has 2 aromatic carbocycles. The Bertz CT molecular complexity index is 569. The summed E-state index contributed by atoms with van der Waals surface area (Å²) in [5.74, 6) is 1.36. The summed E-state index contributed by atoms with van der Waals surface area (Å²) in [5.41, 5.74) is 1.15. The van der Waals surface area contributed by atoms with Crippen molar-refractivity contribution in [3.63, 3.8) is 0 Å². The predicted octanol–water partition coefficient (Wildman–Crippen LogP) is 7.59. The molecular weight excluding hydrogens is 314 g/mol. The van der Waals surface area contributed by atoms with Crippen LogP contribution in [0.25, 0.3) is 0 Å². The fraction of sp³-hybridized carbons (Fsp3) is 0.478. The van der Waals surface area contributed by atoms with Crippen LogP contribution in [0, 0.1) is 23.5 Å². The lowest BCUT2D eigenvalue weighted by atomic mass is 9.87. The molecule has 1 aliphatic rings. The molecular formula is C23H32F2. The number of benzene rings is 2. The molecule has 0 amide bonds. The first kappa shape index (κ1) is 21.3. The van der Waals surface area contributed by atoms with Crippen LogP contribution in [0.2, 0.25) is 0 Å². The van der Waals surface area contributed by atoms with E-state index in [1.54, 1.807) is 36.4 Å². The van der Waals surface area contributed by atoms with Crippen LogP contribution >= 0.6 is 0 Å². The first-order valence-electron chi connectivity index (χ1n) is 9.53. The molecule has 25 heavy (non-hydrogen) atoms. The van der Waals surface area contributed by atoms with Gasteiger partial charge in [0, 0.05) is 5.92 Å². The fourth-order valence-corrected chi connectivity index (χ4v) is 2.79. The van der Waals surface area contributed by atoms with Crippen molar-refractivity contribution in [3.8, 4) is 0 Å². The molecule has 0 radical (unpaired) electrons. The second kappa shape index (κ2) is 11.0. The molecule has 0 bridgehead atoms. The maximum atomic E-state index is 13.9. The van der Waals surface area contributed by atoms with Gasteiger partial charge in [0.25, 0.3) is 0 Å². The Hall–Kier alpha value is -1.70. The van der Waals surface area contributed by atoms with Gasteiger partial charge in [0.05, 0.1) is 0 Å². The van der Waals surface area contributed by atoms with Crippen LogP contribution in [-0.2, 0) is 0 Å². The van der Waals surface area contributed by atoms with Crippen LogP contribution in [0.5, 0.6) is 0 Å². The van der Waals surface area contributed by atoms with Crippen molar-refractivity contribution in [1.82, 2.24) is 0 Å². The van der Waals surface area contributed by atoms with Crippen molar-refractivity contribution < 1.29 is 8.78 Å². The van der Waals surface area contributed by atoms with Crippen molar-refractivity contribution >= 4 is 0 Å². The van der Waals surface area contributed by atoms with E-state index in [9.17, 15) is 8.78 Å². The molecule has 3 rings (SSSR count). The molecule has 2 atom stereocenters. The standard InChI is InChI=1S/C16H16F2.C5H10.C2H6/c1-2-7-12(13-8-3-5-10-15(13)17)14-9-4-6-11-16(14)18;1-4-3-5(4)2;1-2/h3-6,8-12H,2,7H2,1H3;4-5H,3H2,1-2H3;1-2H3. The van der Waals surface area contributed by atoms with E-state index in [0.717, 1.165) is 24.7 Å². The van der Waals surface area contributed by atoms with E-state index in [4.69, 9.17) is 0 Å². The van der Waals surface area contributed by atoms with Gasteiger partial charge in [-0.3, -0.25) is 0 Å². The molecule has 1 fully saturated rings. The van der Waals surface area contributed by atoms with Crippen molar-refractivity contribution in [1.29, 1.82) is 0 Å². The van der Waals surface area contributed by atoms with Crippen LogP contribution in [0.15, 0.2) is 48.5 Å². The first-order chi connectivity index (χ1) is 12.0. The maximum Gasteiger partial charge on any atom is 0.127 e. The minimum atomic E-state index is -0.265. The topological polar surface area (TPSA) is 0 Å². The largest absolute Gasteiger partial charge is 0.207 e. The van der Waals surface area contributed by atoms with E-state index in [1.807, 2.05) is 20.8 Å². The van der Waals surface area contributed by atoms with E-state index in [1.165, 1.54) is 18.6 Å². The Morgan fingerprint density at radius 2 is 1.20 bits per heavy atom. The van der Waals surface area contributed by atoms with Gasteiger partial charge in [-0.25, -0.2) is 8.78 Å². The SMILES string of the molecule is CC.CC1CC1C.CCCC(c1ccccc1F)c1ccccc1F. The van der Waals surface area contributed by atoms with Gasteiger partial charge >= 0.3 is 0 Å². The maximum absolute atomic E-state index is 13.9. The number of hydrogen-bond donors (Lipinski definition) is 0. The lowest BCUT2D eigenvalue weighted by Gasteiger charge is -2.18. The molecule has 0 spiro atoms. The molecule has 1 saturated carbocycles. The number of rotatable bonds is 4. The number of hydrogen-bond acceptors (Lipinski definition) is 0. The van der Waals surface area contributed by atoms with Gasteiger partial charge in [-0.15, -0.1) is 0 Å². The fourth-order valence-electron chi connectivity index (χ4n) is 2.79. The zero-order valence-electron chi connectivity index (χ0n) is 16.2. The lowest BCUT2D eigenvalue weighted by Crippen LogP contribution is -2.05. The minimum absolute atomic E-state index is 0.211. The smallest absolute Gasteiger partial charge is 0.127 e. The monoisotopic (exact) mass is 346 g/mol. The van der Waals surface area contributed by atoms with Gasteiger partial charge in [0.2, 0.25) is 0 Å². The zero-order chi connectivity index (χ0) is 18.8. The molecule has 0 saturated heterocycles. The summed E-state index contributed by atoms with van der Waals surface area (Å²) in [5, 5.41) is 0. The van der Waals surface area contributed by atoms with Crippen LogP contribution < -0.4 is 0 Å². The van der Waals surface area contributed by atoms with Gasteiger partial charge in [-0.05, 0) is 47.9 Å². The Balaban J connectivity index is 0.000000376. The molecule has 0 aliphatic heterocycles. The summed E-state index contributed by atoms with van der Waals surface area (Å²) in [6.07, 6.45) is 3.09. The van der Waals surface area contributed by atoms with Crippen molar-refractivity contribution in [2.75, 3.05) is 0 Å². The molecule has 0 N–H and O–H groups in total. The Morgan fingerprint density at radius 3 is 1.48 bits per heavy atom. The summed E-state index contributed by atoms with van der Waals surface area (Å²) in [7, 11) is 0. The van der Waals surface area contributed by atoms with Crippen LogP contribution in [0.3, 0.4) is 0 Å². The molecule has 2 heteroatoms. The highest BCUT2D eigenvalue weighted by Gasteiger charge is 2.26. The molecule has 1 aliphatic carbocycles. The summed E-state index contributed by atoms with van der Waals surface area (Å²) in [6.45, 7) is 10.6. The lowest BCUT2D eigenvalue weighted by molar-refractivity contribution is 0.555. The second-order valence-electron chi connectivity index (χ2n) is 6.57. The van der Waals surface area contributed by atoms with Gasteiger partial charge in [-0.2, -0.15) is 0 Å². The van der Waals surface area contributed by atoms with Gasteiger partial charge in [0.15, 0.2) is 0 Å². The highest BCUT2D eigenvalue weighted by Crippen LogP contribution is 2.36. The Labute approximate surface area is 152 Å². The summed E-state index contributed by atoms with van der Waals surface area (Å²) in [6, 6.07) is 13.2. The van der Waals surface area contributed by atoms with Crippen LogP contribution in [0.4, 0.5) is 8.78 Å². The molecule has 0 aromatic heterocycles. The van der Waals surface area contributed by atoms with E-state index < -0.39 is 0 Å². The summed E-state index contributed by atoms with van der Waals surface area (Å²) < 4.78 is 27.7. The van der Waals surface area contributed by atoms with Gasteiger partial charge < -0.3 is 0 Å². The third-order valence-electron chi connectivity index (χ3n) is 4.65. The van der Waals surface area contributed by atoms with Crippen molar-refractivity contribution in [2.24, 2.45) is 11.8 Å². The normalized spacial score (nSPS) is 17.9. The zero-order valence-corrected chi connectivity index (χ0v) is 16.2. The number of halogens is 2. The Morgan fingerprint density at radius 1 is 0.840 bits per heavy atom. The van der Waals surface area contributed by atoms with Crippen LogP contribution in [0.1, 0.15) is 70.9 Å². The average Bonchev–Trinajstić information content (AvgIpc) is 3.29. The molecule has 0 nitrogen and oxygen atoms in total. The van der Waals surface area contributed by atoms with E-state index in [0.29, 0.717) is 11.1 Å². The summed E-state index contributed by atoms with van der Waals surface area (Å²) >= 11 is 0. The van der Waals surface area contributed by atoms with E-state index >= 15 is 0 Å². The quantitative estimate of drug-likeness (QED) is 0.535. The summed E-state index contributed by atoms with van der Waals surface area (Å²) in [4.78, 5) is 0. The van der Waals surface area contributed by atoms with E-state index in [2.05, 4.69) is 13.8 Å².